The summed E-state index contributed by atoms with van der Waals surface area (Å²) in [6, 6.07) is 10.4. The molecule has 3 aromatic rings. The number of anilines is 1. The van der Waals surface area contributed by atoms with Crippen LogP contribution in [0.15, 0.2) is 52.1 Å². The van der Waals surface area contributed by atoms with Crippen LogP contribution in [0.4, 0.5) is 5.82 Å². The van der Waals surface area contributed by atoms with Gasteiger partial charge in [0.05, 0.1) is 16.3 Å². The molecule has 2 aromatic heterocycles. The highest BCUT2D eigenvalue weighted by Gasteiger charge is 2.28. The van der Waals surface area contributed by atoms with Crippen LogP contribution >= 0.6 is 11.6 Å². The van der Waals surface area contributed by atoms with Crippen molar-refractivity contribution in [2.45, 2.75) is 33.1 Å². The number of halogens is 1. The molecule has 1 aliphatic carbocycles. The maximum Gasteiger partial charge on any atom is 0.292 e. The van der Waals surface area contributed by atoms with Gasteiger partial charge in [-0.25, -0.2) is 10.4 Å². The van der Waals surface area contributed by atoms with Crippen molar-refractivity contribution in [3.05, 3.63) is 81.4 Å². The molecule has 0 fully saturated rings. The Morgan fingerprint density at radius 1 is 1.10 bits per heavy atom. The second-order valence-electron chi connectivity index (χ2n) is 7.36. The van der Waals surface area contributed by atoms with Crippen LogP contribution < -0.4 is 10.7 Å². The summed E-state index contributed by atoms with van der Waals surface area (Å²) < 4.78 is 5.88. The van der Waals surface area contributed by atoms with E-state index in [-0.39, 0.29) is 11.7 Å². The number of carbonyl (C=O) groups is 2. The number of benzene rings is 1. The van der Waals surface area contributed by atoms with Crippen LogP contribution in [-0.4, -0.2) is 22.5 Å². The lowest BCUT2D eigenvalue weighted by atomic mass is 9.93. The molecule has 158 valence electrons. The van der Waals surface area contributed by atoms with E-state index in [1.165, 1.54) is 0 Å². The molecule has 2 heterocycles. The van der Waals surface area contributed by atoms with Crippen molar-refractivity contribution in [2.75, 3.05) is 5.32 Å². The molecule has 31 heavy (non-hydrogen) atoms. The molecule has 0 radical (unpaired) electrons. The molecule has 0 bridgehead atoms. The van der Waals surface area contributed by atoms with E-state index in [0.717, 1.165) is 17.5 Å². The number of aromatic nitrogens is 1. The Hall–Kier alpha value is -3.45. The van der Waals surface area contributed by atoms with E-state index in [0.29, 0.717) is 46.3 Å². The van der Waals surface area contributed by atoms with E-state index in [9.17, 15) is 9.59 Å². The number of aryl methyl sites for hydroxylation is 2. The molecule has 0 unspecified atom stereocenters. The number of nitrogens with zero attached hydrogens (tertiary/aromatic N) is 2. The van der Waals surface area contributed by atoms with Crippen molar-refractivity contribution >= 4 is 34.9 Å². The molecule has 1 aliphatic rings. The molecule has 2 N–H and O–H groups in total. The normalized spacial score (nSPS) is 14.2. The number of carbonyl (C=O) groups excluding carboxylic acids is 2. The van der Waals surface area contributed by atoms with Gasteiger partial charge >= 0.3 is 0 Å². The molecular formula is C23H21ClN4O3. The Balaban J connectivity index is 1.57. The van der Waals surface area contributed by atoms with Gasteiger partial charge in [0.25, 0.3) is 11.8 Å². The van der Waals surface area contributed by atoms with E-state index >= 15 is 0 Å². The first kappa shape index (κ1) is 20.8. The fourth-order valence-electron chi connectivity index (χ4n) is 3.54. The number of rotatable bonds is 4. The number of hydrazone groups is 1. The van der Waals surface area contributed by atoms with E-state index < -0.39 is 5.91 Å². The van der Waals surface area contributed by atoms with Gasteiger partial charge in [0.15, 0.2) is 5.76 Å². The maximum atomic E-state index is 12.8. The average Bonchev–Trinajstić information content (AvgIpc) is 3.11. The summed E-state index contributed by atoms with van der Waals surface area (Å²) in [7, 11) is 0. The van der Waals surface area contributed by atoms with Crippen LogP contribution in [0.3, 0.4) is 0 Å². The molecule has 0 aliphatic heterocycles. The first-order chi connectivity index (χ1) is 14.9. The van der Waals surface area contributed by atoms with E-state index in [1.54, 1.807) is 36.5 Å². The number of furan rings is 1. The molecule has 2 amide bonds. The van der Waals surface area contributed by atoms with Gasteiger partial charge in [-0.15, -0.1) is 0 Å². The molecular weight excluding hydrogens is 416 g/mol. The largest absolute Gasteiger partial charge is 0.455 e. The lowest BCUT2D eigenvalue weighted by molar-refractivity contribution is 0.0953. The van der Waals surface area contributed by atoms with Gasteiger partial charge in [-0.05, 0) is 50.5 Å². The van der Waals surface area contributed by atoms with Gasteiger partial charge in [0.1, 0.15) is 11.6 Å². The second-order valence-corrected chi connectivity index (χ2v) is 7.77. The molecule has 0 atom stereocenters. The summed E-state index contributed by atoms with van der Waals surface area (Å²) in [5.74, 6) is 0.596. The summed E-state index contributed by atoms with van der Waals surface area (Å²) in [5, 5.41) is 7.44. The molecule has 4 rings (SSSR count). The van der Waals surface area contributed by atoms with Crippen LogP contribution in [0.25, 0.3) is 0 Å². The quantitative estimate of drug-likeness (QED) is 0.581. The van der Waals surface area contributed by atoms with Gasteiger partial charge in [-0.1, -0.05) is 29.8 Å². The number of amides is 2. The molecule has 0 saturated heterocycles. The van der Waals surface area contributed by atoms with Crippen LogP contribution in [-0.2, 0) is 6.42 Å². The first-order valence-corrected chi connectivity index (χ1v) is 10.3. The fraction of sp³-hybridized carbons (Fsp3) is 0.217. The minimum absolute atomic E-state index is 0.222. The van der Waals surface area contributed by atoms with E-state index in [4.69, 9.17) is 16.0 Å². The van der Waals surface area contributed by atoms with Crippen molar-refractivity contribution < 1.29 is 14.0 Å². The van der Waals surface area contributed by atoms with Crippen LogP contribution in [0.5, 0.6) is 0 Å². The number of hydrogen-bond acceptors (Lipinski definition) is 5. The number of pyridine rings is 1. The topological polar surface area (TPSA) is 96.6 Å². The highest BCUT2D eigenvalue weighted by Crippen LogP contribution is 2.30. The van der Waals surface area contributed by atoms with Crippen LogP contribution in [0, 0.1) is 13.8 Å². The monoisotopic (exact) mass is 436 g/mol. The van der Waals surface area contributed by atoms with Crippen molar-refractivity contribution in [3.8, 4) is 0 Å². The first-order valence-electron chi connectivity index (χ1n) is 9.92. The van der Waals surface area contributed by atoms with Crippen LogP contribution in [0.1, 0.15) is 56.2 Å². The third-order valence-corrected chi connectivity index (χ3v) is 5.43. The standard InChI is InChI=1S/C23H21ClN4O3/c1-13-10-11-19(25-12-13)26-23(30)21-14(2)20-17(8-5-9-18(20)31-21)27-28-22(29)15-6-3-4-7-16(15)24/h3-4,6-7,10-12H,5,8-9H2,1-2H3,(H,28,29)(H,25,26,30)/b27-17+. The zero-order valence-corrected chi connectivity index (χ0v) is 17.9. The summed E-state index contributed by atoms with van der Waals surface area (Å²) in [5.41, 5.74) is 6.05. The third-order valence-electron chi connectivity index (χ3n) is 5.10. The Morgan fingerprint density at radius 2 is 1.90 bits per heavy atom. The van der Waals surface area contributed by atoms with Crippen molar-refractivity contribution in [1.29, 1.82) is 0 Å². The third kappa shape index (κ3) is 4.36. The maximum absolute atomic E-state index is 12.8. The van der Waals surface area contributed by atoms with E-state index in [2.05, 4.69) is 20.8 Å². The summed E-state index contributed by atoms with van der Waals surface area (Å²) in [6.45, 7) is 3.74. The number of hydrogen-bond donors (Lipinski definition) is 2. The SMILES string of the molecule is Cc1ccc(NC(=O)c2oc3c(c2C)/C(=N/NC(=O)c2ccccc2Cl)CCC3)nc1. The predicted octanol–water partition coefficient (Wildman–Crippen LogP) is 4.67. The molecule has 0 saturated carbocycles. The highest BCUT2D eigenvalue weighted by molar-refractivity contribution is 6.33. The van der Waals surface area contributed by atoms with Gasteiger partial charge in [0, 0.05) is 23.7 Å². The van der Waals surface area contributed by atoms with Crippen LogP contribution in [0.2, 0.25) is 5.02 Å². The summed E-state index contributed by atoms with van der Waals surface area (Å²) in [4.78, 5) is 29.4. The molecule has 8 heteroatoms. The summed E-state index contributed by atoms with van der Waals surface area (Å²) in [6.07, 6.45) is 3.85. The minimum atomic E-state index is -0.394. The van der Waals surface area contributed by atoms with Gasteiger partial charge in [0.2, 0.25) is 0 Å². The van der Waals surface area contributed by atoms with Crippen molar-refractivity contribution in [2.24, 2.45) is 5.10 Å². The Kier molecular flexibility index (Phi) is 5.86. The van der Waals surface area contributed by atoms with E-state index in [1.807, 2.05) is 19.9 Å². The number of nitrogens with one attached hydrogen (secondary N) is 2. The van der Waals surface area contributed by atoms with Gasteiger partial charge in [-0.2, -0.15) is 5.10 Å². The molecule has 7 nitrogen and oxygen atoms in total. The highest BCUT2D eigenvalue weighted by atomic mass is 35.5. The lowest BCUT2D eigenvalue weighted by Crippen LogP contribution is -2.22. The van der Waals surface area contributed by atoms with Crippen molar-refractivity contribution in [1.82, 2.24) is 10.4 Å². The molecule has 0 spiro atoms. The number of fused-ring (bicyclic) bond motifs is 1. The second kappa shape index (κ2) is 8.73. The smallest absolute Gasteiger partial charge is 0.292 e. The minimum Gasteiger partial charge on any atom is -0.455 e. The Labute approximate surface area is 184 Å². The predicted molar refractivity (Wildman–Crippen MR) is 119 cm³/mol. The fourth-order valence-corrected chi connectivity index (χ4v) is 3.76. The van der Waals surface area contributed by atoms with Crippen molar-refractivity contribution in [3.63, 3.8) is 0 Å². The molecule has 1 aromatic carbocycles. The summed E-state index contributed by atoms with van der Waals surface area (Å²) >= 11 is 6.09. The van der Waals surface area contributed by atoms with Gasteiger partial charge < -0.3 is 9.73 Å². The lowest BCUT2D eigenvalue weighted by Gasteiger charge is -2.13. The Bertz CT molecular complexity index is 1180. The Morgan fingerprint density at radius 3 is 2.65 bits per heavy atom. The average molecular weight is 437 g/mol. The zero-order chi connectivity index (χ0) is 22.0. The zero-order valence-electron chi connectivity index (χ0n) is 17.2. The van der Waals surface area contributed by atoms with Gasteiger partial charge in [-0.3, -0.25) is 9.59 Å².